The molecule has 0 aliphatic carbocycles. The maximum absolute atomic E-state index is 12.4. The summed E-state index contributed by atoms with van der Waals surface area (Å²) in [5, 5.41) is 13.8. The Bertz CT molecular complexity index is 711. The van der Waals surface area contributed by atoms with Crippen molar-refractivity contribution in [2.45, 2.75) is 6.42 Å². The second kappa shape index (κ2) is 5.81. The number of carbonyl (C=O) groups is 2. The van der Waals surface area contributed by atoms with Gasteiger partial charge in [0.1, 0.15) is 0 Å². The van der Waals surface area contributed by atoms with Gasteiger partial charge in [0.2, 0.25) is 0 Å². The van der Waals surface area contributed by atoms with Crippen molar-refractivity contribution in [2.75, 3.05) is 13.1 Å². The molecule has 114 valence electrons. The summed E-state index contributed by atoms with van der Waals surface area (Å²) in [4.78, 5) is 24.9. The van der Waals surface area contributed by atoms with E-state index in [-0.39, 0.29) is 12.5 Å². The molecule has 1 atom stereocenters. The van der Waals surface area contributed by atoms with Crippen LogP contribution in [-0.4, -0.2) is 44.8 Å². The number of hydrogen-bond donors (Lipinski definition) is 1. The van der Waals surface area contributed by atoms with Crippen LogP contribution < -0.4 is 0 Å². The zero-order valence-electron chi connectivity index (χ0n) is 11.6. The zero-order valence-corrected chi connectivity index (χ0v) is 12.4. The Balaban J connectivity index is 1.75. The number of hydrogen-bond acceptors (Lipinski definition) is 3. The minimum atomic E-state index is -0.854. The van der Waals surface area contributed by atoms with Crippen molar-refractivity contribution in [3.8, 4) is 5.69 Å². The average Bonchev–Trinajstić information content (AvgIpc) is 3.17. The molecule has 7 heteroatoms. The van der Waals surface area contributed by atoms with E-state index in [9.17, 15) is 9.59 Å². The van der Waals surface area contributed by atoms with Gasteiger partial charge in [0.25, 0.3) is 5.91 Å². The normalized spacial score (nSPS) is 17.7. The summed E-state index contributed by atoms with van der Waals surface area (Å²) in [6.45, 7) is 0.711. The van der Waals surface area contributed by atoms with E-state index in [4.69, 9.17) is 16.7 Å². The number of nitrogens with zero attached hydrogens (tertiary/aromatic N) is 3. The molecule has 0 saturated carbocycles. The number of carboxylic acid groups (broad SMARTS) is 1. The summed E-state index contributed by atoms with van der Waals surface area (Å²) < 4.78 is 1.59. The molecule has 1 amide bonds. The average molecular weight is 320 g/mol. The topological polar surface area (TPSA) is 75.4 Å². The largest absolute Gasteiger partial charge is 0.481 e. The Morgan fingerprint density at radius 3 is 2.64 bits per heavy atom. The second-order valence-electron chi connectivity index (χ2n) is 5.23. The minimum absolute atomic E-state index is 0.191. The Hall–Kier alpha value is -2.34. The number of aromatic nitrogens is 2. The lowest BCUT2D eigenvalue weighted by molar-refractivity contribution is -0.141. The molecule has 0 unspecified atom stereocenters. The molecular weight excluding hydrogens is 306 g/mol. The third-order valence-electron chi connectivity index (χ3n) is 3.75. The first kappa shape index (κ1) is 14.6. The van der Waals surface area contributed by atoms with E-state index in [2.05, 4.69) is 5.10 Å². The fourth-order valence-corrected chi connectivity index (χ4v) is 2.62. The summed E-state index contributed by atoms with van der Waals surface area (Å²) in [6, 6.07) is 7.11. The van der Waals surface area contributed by atoms with Crippen molar-refractivity contribution >= 4 is 23.5 Å². The monoisotopic (exact) mass is 319 g/mol. The number of carboxylic acids is 1. The Labute approximate surface area is 131 Å². The van der Waals surface area contributed by atoms with Gasteiger partial charge in [-0.05, 0) is 30.7 Å². The van der Waals surface area contributed by atoms with Crippen LogP contribution in [0.25, 0.3) is 5.69 Å². The van der Waals surface area contributed by atoms with Crippen LogP contribution in [0.1, 0.15) is 16.8 Å². The van der Waals surface area contributed by atoms with Gasteiger partial charge in [0.05, 0.1) is 23.4 Å². The summed E-state index contributed by atoms with van der Waals surface area (Å²) in [7, 11) is 0. The van der Waals surface area contributed by atoms with Gasteiger partial charge in [-0.1, -0.05) is 11.6 Å². The molecule has 1 aliphatic heterocycles. The summed E-state index contributed by atoms with van der Waals surface area (Å²) >= 11 is 5.84. The van der Waals surface area contributed by atoms with E-state index in [1.165, 1.54) is 6.20 Å². The number of likely N-dealkylation sites (tertiary alicyclic amines) is 1. The summed E-state index contributed by atoms with van der Waals surface area (Å²) in [5.41, 5.74) is 1.24. The van der Waals surface area contributed by atoms with Gasteiger partial charge in [-0.25, -0.2) is 4.68 Å². The molecule has 22 heavy (non-hydrogen) atoms. The van der Waals surface area contributed by atoms with Gasteiger partial charge in [-0.2, -0.15) is 5.10 Å². The number of carbonyl (C=O) groups excluding carboxylic acids is 1. The molecule has 0 radical (unpaired) electrons. The van der Waals surface area contributed by atoms with E-state index in [1.807, 2.05) is 0 Å². The molecular formula is C15H14ClN3O3. The quantitative estimate of drug-likeness (QED) is 0.939. The van der Waals surface area contributed by atoms with Gasteiger partial charge >= 0.3 is 5.97 Å². The standard InChI is InChI=1S/C15H14ClN3O3/c16-12-1-3-13(4-2-12)19-9-11(7-17-19)14(20)18-6-5-10(8-18)15(21)22/h1-4,7,9-10H,5-6,8H2,(H,21,22)/t10-/m0/s1. The van der Waals surface area contributed by atoms with E-state index >= 15 is 0 Å². The van der Waals surface area contributed by atoms with Crippen LogP contribution in [0.2, 0.25) is 5.02 Å². The highest BCUT2D eigenvalue weighted by Gasteiger charge is 2.31. The van der Waals surface area contributed by atoms with E-state index < -0.39 is 11.9 Å². The molecule has 2 heterocycles. The second-order valence-corrected chi connectivity index (χ2v) is 5.66. The van der Waals surface area contributed by atoms with Crippen LogP contribution in [-0.2, 0) is 4.79 Å². The van der Waals surface area contributed by atoms with Crippen LogP contribution in [0.5, 0.6) is 0 Å². The van der Waals surface area contributed by atoms with Crippen molar-refractivity contribution in [3.63, 3.8) is 0 Å². The molecule has 0 spiro atoms. The molecule has 3 rings (SSSR count). The van der Waals surface area contributed by atoms with Crippen molar-refractivity contribution in [3.05, 3.63) is 47.2 Å². The first-order valence-corrected chi connectivity index (χ1v) is 7.25. The van der Waals surface area contributed by atoms with Gasteiger partial charge in [0.15, 0.2) is 0 Å². The molecule has 0 bridgehead atoms. The third-order valence-corrected chi connectivity index (χ3v) is 4.00. The predicted octanol–water partition coefficient (Wildman–Crippen LogP) is 2.07. The van der Waals surface area contributed by atoms with Crippen LogP contribution in [0.3, 0.4) is 0 Å². The van der Waals surface area contributed by atoms with Gasteiger partial charge in [-0.3, -0.25) is 9.59 Å². The smallest absolute Gasteiger partial charge is 0.308 e. The Morgan fingerprint density at radius 1 is 1.27 bits per heavy atom. The van der Waals surface area contributed by atoms with Crippen LogP contribution >= 0.6 is 11.6 Å². The highest BCUT2D eigenvalue weighted by molar-refractivity contribution is 6.30. The third kappa shape index (κ3) is 2.82. The number of benzene rings is 1. The number of halogens is 1. The van der Waals surface area contributed by atoms with Gasteiger partial charge in [0, 0.05) is 24.3 Å². The molecule has 2 aromatic rings. The van der Waals surface area contributed by atoms with Crippen LogP contribution in [0.4, 0.5) is 0 Å². The van der Waals surface area contributed by atoms with E-state index in [0.717, 1.165) is 5.69 Å². The fraction of sp³-hybridized carbons (Fsp3) is 0.267. The number of aliphatic carboxylic acids is 1. The lowest BCUT2D eigenvalue weighted by atomic mass is 10.1. The molecule has 1 aromatic carbocycles. The first-order valence-electron chi connectivity index (χ1n) is 6.87. The SMILES string of the molecule is O=C(O)[C@H]1CCN(C(=O)c2cnn(-c3ccc(Cl)cc3)c2)C1. The van der Waals surface area contributed by atoms with E-state index in [1.54, 1.807) is 40.0 Å². The van der Waals surface area contributed by atoms with Crippen molar-refractivity contribution < 1.29 is 14.7 Å². The molecule has 1 fully saturated rings. The summed E-state index contributed by atoms with van der Waals surface area (Å²) in [5.74, 6) is -1.52. The lowest BCUT2D eigenvalue weighted by Gasteiger charge is -2.14. The Kier molecular flexibility index (Phi) is 3.85. The highest BCUT2D eigenvalue weighted by atomic mass is 35.5. The fourth-order valence-electron chi connectivity index (χ4n) is 2.50. The lowest BCUT2D eigenvalue weighted by Crippen LogP contribution is -2.29. The van der Waals surface area contributed by atoms with Crippen LogP contribution in [0, 0.1) is 5.92 Å². The molecule has 1 N–H and O–H groups in total. The zero-order chi connectivity index (χ0) is 15.7. The van der Waals surface area contributed by atoms with Crippen molar-refractivity contribution in [2.24, 2.45) is 5.92 Å². The van der Waals surface area contributed by atoms with Crippen LogP contribution in [0.15, 0.2) is 36.7 Å². The maximum atomic E-state index is 12.4. The van der Waals surface area contributed by atoms with E-state index in [0.29, 0.717) is 23.6 Å². The molecule has 1 aromatic heterocycles. The maximum Gasteiger partial charge on any atom is 0.308 e. The summed E-state index contributed by atoms with van der Waals surface area (Å²) in [6.07, 6.45) is 3.62. The van der Waals surface area contributed by atoms with Crippen molar-refractivity contribution in [1.82, 2.24) is 14.7 Å². The van der Waals surface area contributed by atoms with Crippen molar-refractivity contribution in [1.29, 1.82) is 0 Å². The van der Waals surface area contributed by atoms with Gasteiger partial charge in [-0.15, -0.1) is 0 Å². The number of rotatable bonds is 3. The predicted molar refractivity (Wildman–Crippen MR) is 80.2 cm³/mol. The number of amides is 1. The first-order chi connectivity index (χ1) is 10.5. The molecule has 1 saturated heterocycles. The Morgan fingerprint density at radius 2 is 2.00 bits per heavy atom. The van der Waals surface area contributed by atoms with Gasteiger partial charge < -0.3 is 10.0 Å². The minimum Gasteiger partial charge on any atom is -0.481 e. The molecule has 6 nitrogen and oxygen atoms in total. The highest BCUT2D eigenvalue weighted by Crippen LogP contribution is 2.19. The molecule has 1 aliphatic rings.